The number of ketones is 1. The molecule has 0 aliphatic carbocycles. The third kappa shape index (κ3) is 2.36. The molecule has 2 rings (SSSR count). The van der Waals surface area contributed by atoms with Gasteiger partial charge in [0.05, 0.1) is 22.2 Å². The van der Waals surface area contributed by atoms with Gasteiger partial charge in [-0.25, -0.2) is 0 Å². The predicted octanol–water partition coefficient (Wildman–Crippen LogP) is 1.76. The van der Waals surface area contributed by atoms with E-state index in [4.69, 9.17) is 10.5 Å². The number of nitrogens with two attached hydrogens (primary N) is 1. The molecule has 2 heterocycles. The third-order valence-electron chi connectivity index (χ3n) is 2.60. The van der Waals surface area contributed by atoms with Crippen LogP contribution >= 0.6 is 11.3 Å². The van der Waals surface area contributed by atoms with Crippen molar-refractivity contribution in [1.29, 1.82) is 0 Å². The lowest BCUT2D eigenvalue weighted by Gasteiger charge is -2.19. The Morgan fingerprint density at radius 2 is 2.31 bits per heavy atom. The Kier molecular flexibility index (Phi) is 3.46. The maximum atomic E-state index is 11.3. The molecule has 1 aliphatic rings. The Hall–Kier alpha value is -1.07. The van der Waals surface area contributed by atoms with Crippen molar-refractivity contribution in [3.05, 3.63) is 10.9 Å². The smallest absolute Gasteiger partial charge is 0.171 e. The van der Waals surface area contributed by atoms with Gasteiger partial charge in [0.15, 0.2) is 5.78 Å². The average Bonchev–Trinajstić information content (AvgIpc) is 2.50. The maximum absolute atomic E-state index is 11.3. The van der Waals surface area contributed by atoms with E-state index in [0.29, 0.717) is 10.6 Å². The molecule has 0 aromatic carbocycles. The van der Waals surface area contributed by atoms with E-state index in [-0.39, 0.29) is 5.78 Å². The van der Waals surface area contributed by atoms with Crippen molar-refractivity contribution in [3.8, 4) is 0 Å². The molecular weight excluding hydrogens is 224 g/mol. The van der Waals surface area contributed by atoms with Gasteiger partial charge >= 0.3 is 0 Å². The van der Waals surface area contributed by atoms with Crippen molar-refractivity contribution in [1.82, 2.24) is 0 Å². The Balaban J connectivity index is 2.19. The van der Waals surface area contributed by atoms with Gasteiger partial charge in [0.25, 0.3) is 0 Å². The minimum absolute atomic E-state index is 0.0415. The summed E-state index contributed by atoms with van der Waals surface area (Å²) in [5.41, 5.74) is 6.41. The summed E-state index contributed by atoms with van der Waals surface area (Å²) in [6.45, 7) is 4.95. The van der Waals surface area contributed by atoms with Gasteiger partial charge in [-0.3, -0.25) is 4.79 Å². The quantitative estimate of drug-likeness (QED) is 0.800. The van der Waals surface area contributed by atoms with Crippen molar-refractivity contribution in [2.75, 3.05) is 36.9 Å². The number of hydrogen-bond donors (Lipinski definition) is 1. The molecule has 1 aliphatic heterocycles. The van der Waals surface area contributed by atoms with Crippen LogP contribution in [0.1, 0.15) is 23.0 Å². The first-order chi connectivity index (χ1) is 7.68. The summed E-state index contributed by atoms with van der Waals surface area (Å²) in [7, 11) is 0. The SMILES string of the molecule is CC(=O)c1sc(N2CCCOCC2)cc1N. The fourth-order valence-electron chi connectivity index (χ4n) is 1.79. The molecule has 88 valence electrons. The molecule has 0 unspecified atom stereocenters. The largest absolute Gasteiger partial charge is 0.397 e. The Morgan fingerprint density at radius 3 is 3.00 bits per heavy atom. The maximum Gasteiger partial charge on any atom is 0.171 e. The zero-order valence-electron chi connectivity index (χ0n) is 9.36. The number of carbonyl (C=O) groups is 1. The highest BCUT2D eigenvalue weighted by molar-refractivity contribution is 7.18. The van der Waals surface area contributed by atoms with E-state index in [1.54, 1.807) is 6.92 Å². The molecule has 5 heteroatoms. The van der Waals surface area contributed by atoms with Crippen LogP contribution in [0.2, 0.25) is 0 Å². The van der Waals surface area contributed by atoms with Crippen LogP contribution in [0, 0.1) is 0 Å². The monoisotopic (exact) mass is 240 g/mol. The summed E-state index contributed by atoms with van der Waals surface area (Å²) in [5, 5.41) is 1.08. The molecule has 0 radical (unpaired) electrons. The Morgan fingerprint density at radius 1 is 1.50 bits per heavy atom. The third-order valence-corrected chi connectivity index (χ3v) is 3.91. The van der Waals surface area contributed by atoms with Gasteiger partial charge in [0, 0.05) is 26.6 Å². The van der Waals surface area contributed by atoms with Crippen LogP contribution < -0.4 is 10.6 Å². The van der Waals surface area contributed by atoms with Gasteiger partial charge in [0.1, 0.15) is 0 Å². The number of Topliss-reactive ketones (excluding diaryl/α,β-unsaturated/α-hetero) is 1. The van der Waals surface area contributed by atoms with Gasteiger partial charge in [-0.2, -0.15) is 0 Å². The summed E-state index contributed by atoms with van der Waals surface area (Å²) < 4.78 is 5.40. The fourth-order valence-corrected chi connectivity index (χ4v) is 2.82. The van der Waals surface area contributed by atoms with Crippen molar-refractivity contribution < 1.29 is 9.53 Å². The number of carbonyl (C=O) groups excluding carboxylic acids is 1. The first kappa shape index (κ1) is 11.4. The average molecular weight is 240 g/mol. The molecule has 0 atom stereocenters. The molecule has 0 bridgehead atoms. The van der Waals surface area contributed by atoms with E-state index in [2.05, 4.69) is 4.90 Å². The van der Waals surface area contributed by atoms with Gasteiger partial charge < -0.3 is 15.4 Å². The number of thiophene rings is 1. The number of nitrogens with zero attached hydrogens (tertiary/aromatic N) is 1. The van der Waals surface area contributed by atoms with E-state index >= 15 is 0 Å². The van der Waals surface area contributed by atoms with E-state index in [1.165, 1.54) is 11.3 Å². The van der Waals surface area contributed by atoms with Gasteiger partial charge in [-0.15, -0.1) is 11.3 Å². The lowest BCUT2D eigenvalue weighted by Crippen LogP contribution is -2.24. The molecule has 16 heavy (non-hydrogen) atoms. The normalized spacial score (nSPS) is 17.2. The minimum atomic E-state index is 0.0415. The van der Waals surface area contributed by atoms with Gasteiger partial charge in [-0.05, 0) is 12.5 Å². The second-order valence-corrected chi connectivity index (χ2v) is 4.91. The zero-order chi connectivity index (χ0) is 11.5. The molecule has 1 fully saturated rings. The van der Waals surface area contributed by atoms with Crippen LogP contribution in [-0.4, -0.2) is 32.1 Å². The van der Waals surface area contributed by atoms with Crippen molar-refractivity contribution in [2.45, 2.75) is 13.3 Å². The van der Waals surface area contributed by atoms with Gasteiger partial charge in [-0.1, -0.05) is 0 Å². The molecule has 1 saturated heterocycles. The summed E-state index contributed by atoms with van der Waals surface area (Å²) in [6, 6.07) is 1.90. The lowest BCUT2D eigenvalue weighted by atomic mass is 10.3. The van der Waals surface area contributed by atoms with E-state index in [9.17, 15) is 4.79 Å². The molecule has 4 nitrogen and oxygen atoms in total. The Labute approximate surface area is 99.0 Å². The molecule has 1 aromatic rings. The highest BCUT2D eigenvalue weighted by atomic mass is 32.1. The number of nitrogen functional groups attached to an aromatic ring is 1. The standard InChI is InChI=1S/C11H16N2O2S/c1-8(14)11-9(12)7-10(16-11)13-3-2-5-15-6-4-13/h7H,2-6,12H2,1H3. The lowest BCUT2D eigenvalue weighted by molar-refractivity contribution is 0.102. The summed E-state index contributed by atoms with van der Waals surface area (Å²) in [6.07, 6.45) is 1.02. The minimum Gasteiger partial charge on any atom is -0.397 e. The number of rotatable bonds is 2. The summed E-state index contributed by atoms with van der Waals surface area (Å²) in [5.74, 6) is 0.0415. The topological polar surface area (TPSA) is 55.6 Å². The summed E-state index contributed by atoms with van der Waals surface area (Å²) in [4.78, 5) is 14.2. The Bertz CT molecular complexity index is 381. The van der Waals surface area contributed by atoms with Crippen molar-refractivity contribution in [3.63, 3.8) is 0 Å². The molecule has 0 spiro atoms. The fraction of sp³-hybridized carbons (Fsp3) is 0.545. The molecular formula is C11H16N2O2S. The van der Waals surface area contributed by atoms with E-state index < -0.39 is 0 Å². The number of hydrogen-bond acceptors (Lipinski definition) is 5. The van der Waals surface area contributed by atoms with E-state index in [0.717, 1.165) is 37.7 Å². The van der Waals surface area contributed by atoms with Crippen LogP contribution in [0.3, 0.4) is 0 Å². The van der Waals surface area contributed by atoms with Crippen LogP contribution in [0.25, 0.3) is 0 Å². The van der Waals surface area contributed by atoms with Crippen LogP contribution in [-0.2, 0) is 4.74 Å². The predicted molar refractivity (Wildman–Crippen MR) is 66.4 cm³/mol. The van der Waals surface area contributed by atoms with Crippen molar-refractivity contribution >= 4 is 27.8 Å². The molecule has 2 N–H and O–H groups in total. The van der Waals surface area contributed by atoms with Gasteiger partial charge in [0.2, 0.25) is 0 Å². The van der Waals surface area contributed by atoms with Crippen LogP contribution in [0.5, 0.6) is 0 Å². The van der Waals surface area contributed by atoms with Crippen LogP contribution in [0.15, 0.2) is 6.07 Å². The first-order valence-corrected chi connectivity index (χ1v) is 6.23. The highest BCUT2D eigenvalue weighted by Crippen LogP contribution is 2.32. The summed E-state index contributed by atoms with van der Waals surface area (Å²) >= 11 is 1.48. The van der Waals surface area contributed by atoms with Crippen molar-refractivity contribution in [2.24, 2.45) is 0 Å². The number of ether oxygens (including phenoxy) is 1. The van der Waals surface area contributed by atoms with E-state index in [1.807, 2.05) is 6.07 Å². The molecule has 1 aromatic heterocycles. The molecule has 0 saturated carbocycles. The first-order valence-electron chi connectivity index (χ1n) is 5.41. The number of anilines is 2. The van der Waals surface area contributed by atoms with Crippen LogP contribution in [0.4, 0.5) is 10.7 Å². The second-order valence-electron chi connectivity index (χ2n) is 3.88. The highest BCUT2D eigenvalue weighted by Gasteiger charge is 2.16. The zero-order valence-corrected chi connectivity index (χ0v) is 10.2. The molecule has 0 amide bonds. The second kappa shape index (κ2) is 4.84.